The standard InChI is InChI=1S/C21H27N5O2/c1-14(2)26-20-18(11-24-26)9-19(12-22-20)25-21(27)23-10-16-5-7-17(8-6-16)13-28-15(3)4/h5-9,11-12,14-15H,10,13H2,1-4H3,(H2,23,25,27). The van der Waals surface area contributed by atoms with Crippen molar-refractivity contribution in [3.05, 3.63) is 53.9 Å². The van der Waals surface area contributed by atoms with Crippen molar-refractivity contribution in [2.24, 2.45) is 0 Å². The second kappa shape index (κ2) is 8.84. The smallest absolute Gasteiger partial charge is 0.319 e. The van der Waals surface area contributed by atoms with Crippen molar-refractivity contribution in [3.63, 3.8) is 0 Å². The normalized spacial score (nSPS) is 11.4. The number of aromatic nitrogens is 3. The summed E-state index contributed by atoms with van der Waals surface area (Å²) in [5.74, 6) is 0. The average molecular weight is 381 g/mol. The van der Waals surface area contributed by atoms with Gasteiger partial charge in [0, 0.05) is 18.0 Å². The zero-order chi connectivity index (χ0) is 20.1. The van der Waals surface area contributed by atoms with Gasteiger partial charge in [0.05, 0.1) is 30.8 Å². The average Bonchev–Trinajstić information content (AvgIpc) is 3.09. The molecule has 2 N–H and O–H groups in total. The highest BCUT2D eigenvalue weighted by atomic mass is 16.5. The minimum Gasteiger partial charge on any atom is -0.374 e. The molecule has 0 bridgehead atoms. The van der Waals surface area contributed by atoms with Crippen LogP contribution in [0.4, 0.5) is 10.5 Å². The zero-order valence-corrected chi connectivity index (χ0v) is 16.8. The molecule has 0 saturated heterocycles. The Labute approximate surface area is 165 Å². The number of carbonyl (C=O) groups is 1. The van der Waals surface area contributed by atoms with Gasteiger partial charge in [-0.1, -0.05) is 24.3 Å². The van der Waals surface area contributed by atoms with Crippen LogP contribution in [0.25, 0.3) is 11.0 Å². The van der Waals surface area contributed by atoms with Crippen LogP contribution in [0.15, 0.2) is 42.7 Å². The van der Waals surface area contributed by atoms with E-state index < -0.39 is 0 Å². The largest absolute Gasteiger partial charge is 0.374 e. The van der Waals surface area contributed by atoms with Gasteiger partial charge in [-0.3, -0.25) is 0 Å². The lowest BCUT2D eigenvalue weighted by Crippen LogP contribution is -2.28. The van der Waals surface area contributed by atoms with Gasteiger partial charge in [-0.05, 0) is 44.9 Å². The fourth-order valence-corrected chi connectivity index (χ4v) is 2.76. The summed E-state index contributed by atoms with van der Waals surface area (Å²) in [6, 6.07) is 9.85. The van der Waals surface area contributed by atoms with Gasteiger partial charge < -0.3 is 15.4 Å². The third kappa shape index (κ3) is 5.07. The summed E-state index contributed by atoms with van der Waals surface area (Å²) >= 11 is 0. The van der Waals surface area contributed by atoms with E-state index in [0.717, 1.165) is 22.2 Å². The van der Waals surface area contributed by atoms with Gasteiger partial charge in [0.25, 0.3) is 0 Å². The molecule has 0 unspecified atom stereocenters. The Hall–Kier alpha value is -2.93. The van der Waals surface area contributed by atoms with E-state index >= 15 is 0 Å². The predicted octanol–water partition coefficient (Wildman–Crippen LogP) is 4.26. The van der Waals surface area contributed by atoms with E-state index in [2.05, 4.69) is 34.6 Å². The number of fused-ring (bicyclic) bond motifs is 1. The number of ether oxygens (including phenoxy) is 1. The molecule has 2 amide bonds. The molecule has 148 valence electrons. The first kappa shape index (κ1) is 19.8. The Bertz CT molecular complexity index is 932. The highest BCUT2D eigenvalue weighted by Gasteiger charge is 2.09. The van der Waals surface area contributed by atoms with Gasteiger partial charge in [-0.15, -0.1) is 0 Å². The molecule has 0 aliphatic heterocycles. The maximum atomic E-state index is 12.2. The number of carbonyl (C=O) groups excluding carboxylic acids is 1. The molecule has 2 heterocycles. The van der Waals surface area contributed by atoms with Crippen LogP contribution in [0.5, 0.6) is 0 Å². The number of nitrogens with one attached hydrogen (secondary N) is 2. The van der Waals surface area contributed by atoms with Crippen molar-refractivity contribution in [2.45, 2.75) is 53.0 Å². The highest BCUT2D eigenvalue weighted by molar-refractivity contribution is 5.91. The quantitative estimate of drug-likeness (QED) is 0.641. The second-order valence-corrected chi connectivity index (χ2v) is 7.30. The Morgan fingerprint density at radius 3 is 2.50 bits per heavy atom. The Balaban J connectivity index is 1.53. The highest BCUT2D eigenvalue weighted by Crippen LogP contribution is 2.19. The Morgan fingerprint density at radius 1 is 1.11 bits per heavy atom. The van der Waals surface area contributed by atoms with Crippen LogP contribution in [-0.2, 0) is 17.9 Å². The first-order valence-corrected chi connectivity index (χ1v) is 9.50. The molecule has 0 atom stereocenters. The van der Waals surface area contributed by atoms with Crippen molar-refractivity contribution in [2.75, 3.05) is 5.32 Å². The summed E-state index contributed by atoms with van der Waals surface area (Å²) < 4.78 is 7.44. The SMILES string of the molecule is CC(C)OCc1ccc(CNC(=O)Nc2cnc3c(cnn3C(C)C)c2)cc1. The van der Waals surface area contributed by atoms with Gasteiger partial charge in [-0.2, -0.15) is 5.10 Å². The zero-order valence-electron chi connectivity index (χ0n) is 16.8. The van der Waals surface area contributed by atoms with E-state index in [9.17, 15) is 4.79 Å². The number of anilines is 1. The molecular formula is C21H27N5O2. The van der Waals surface area contributed by atoms with Crippen LogP contribution in [0, 0.1) is 0 Å². The van der Waals surface area contributed by atoms with Crippen molar-refractivity contribution in [1.29, 1.82) is 0 Å². The van der Waals surface area contributed by atoms with E-state index in [0.29, 0.717) is 18.8 Å². The molecular weight excluding hydrogens is 354 g/mol. The molecule has 0 saturated carbocycles. The van der Waals surface area contributed by atoms with Crippen LogP contribution in [0.2, 0.25) is 0 Å². The van der Waals surface area contributed by atoms with Crippen LogP contribution in [0.3, 0.4) is 0 Å². The molecule has 0 aliphatic rings. The van der Waals surface area contributed by atoms with Crippen molar-refractivity contribution >= 4 is 22.8 Å². The molecule has 1 aromatic carbocycles. The summed E-state index contributed by atoms with van der Waals surface area (Å²) in [5.41, 5.74) is 3.58. The molecule has 0 spiro atoms. The molecule has 7 nitrogen and oxygen atoms in total. The van der Waals surface area contributed by atoms with Crippen LogP contribution in [0.1, 0.15) is 44.9 Å². The third-order valence-electron chi connectivity index (χ3n) is 4.24. The van der Waals surface area contributed by atoms with E-state index in [-0.39, 0.29) is 18.2 Å². The van der Waals surface area contributed by atoms with Crippen LogP contribution >= 0.6 is 0 Å². The van der Waals surface area contributed by atoms with Gasteiger partial charge in [0.15, 0.2) is 5.65 Å². The summed E-state index contributed by atoms with van der Waals surface area (Å²) in [5, 5.41) is 10.9. The monoisotopic (exact) mass is 381 g/mol. The number of pyridine rings is 1. The second-order valence-electron chi connectivity index (χ2n) is 7.30. The Kier molecular flexibility index (Phi) is 6.26. The topological polar surface area (TPSA) is 81.1 Å². The lowest BCUT2D eigenvalue weighted by Gasteiger charge is -2.10. The summed E-state index contributed by atoms with van der Waals surface area (Å²) in [4.78, 5) is 16.6. The van der Waals surface area contributed by atoms with Crippen molar-refractivity contribution in [1.82, 2.24) is 20.1 Å². The van der Waals surface area contributed by atoms with E-state index in [4.69, 9.17) is 4.74 Å². The first-order valence-electron chi connectivity index (χ1n) is 9.50. The molecule has 3 rings (SSSR count). The van der Waals surface area contributed by atoms with Gasteiger partial charge in [0.1, 0.15) is 0 Å². The summed E-state index contributed by atoms with van der Waals surface area (Å²) in [7, 11) is 0. The molecule has 0 aliphatic carbocycles. The number of benzene rings is 1. The minimum absolute atomic E-state index is 0.207. The lowest BCUT2D eigenvalue weighted by atomic mass is 10.1. The number of urea groups is 1. The number of amides is 2. The van der Waals surface area contributed by atoms with E-state index in [1.165, 1.54) is 0 Å². The third-order valence-corrected chi connectivity index (χ3v) is 4.24. The number of hydrogen-bond acceptors (Lipinski definition) is 4. The molecule has 28 heavy (non-hydrogen) atoms. The molecule has 0 radical (unpaired) electrons. The number of nitrogens with zero attached hydrogens (tertiary/aromatic N) is 3. The van der Waals surface area contributed by atoms with Gasteiger partial charge in [0.2, 0.25) is 0 Å². The number of hydrogen-bond donors (Lipinski definition) is 2. The fourth-order valence-electron chi connectivity index (χ4n) is 2.76. The summed E-state index contributed by atoms with van der Waals surface area (Å²) in [6.45, 7) is 9.17. The van der Waals surface area contributed by atoms with Crippen LogP contribution in [-0.4, -0.2) is 26.9 Å². The maximum absolute atomic E-state index is 12.2. The predicted molar refractivity (Wildman–Crippen MR) is 110 cm³/mol. The van der Waals surface area contributed by atoms with Crippen molar-refractivity contribution in [3.8, 4) is 0 Å². The Morgan fingerprint density at radius 2 is 1.82 bits per heavy atom. The van der Waals surface area contributed by atoms with Crippen molar-refractivity contribution < 1.29 is 9.53 Å². The maximum Gasteiger partial charge on any atom is 0.319 e. The van der Waals surface area contributed by atoms with Gasteiger partial charge >= 0.3 is 6.03 Å². The van der Waals surface area contributed by atoms with Crippen LogP contribution < -0.4 is 10.6 Å². The molecule has 7 heteroatoms. The molecule has 2 aromatic heterocycles. The summed E-state index contributed by atoms with van der Waals surface area (Å²) in [6.07, 6.45) is 3.61. The van der Waals surface area contributed by atoms with Gasteiger partial charge in [-0.25, -0.2) is 14.5 Å². The minimum atomic E-state index is -0.274. The number of rotatable bonds is 7. The fraction of sp³-hybridized carbons (Fsp3) is 0.381. The first-order chi connectivity index (χ1) is 13.4. The molecule has 0 fully saturated rings. The molecule has 3 aromatic rings. The lowest BCUT2D eigenvalue weighted by molar-refractivity contribution is 0.0657. The van der Waals surface area contributed by atoms with E-state index in [1.807, 2.05) is 48.9 Å². The van der Waals surface area contributed by atoms with E-state index in [1.54, 1.807) is 12.4 Å².